The maximum absolute atomic E-state index is 12.9. The Morgan fingerprint density at radius 1 is 1.04 bits per heavy atom. The Kier molecular flexibility index (Phi) is 4.47. The number of aryl methyl sites for hydroxylation is 1. The third-order valence-corrected chi connectivity index (χ3v) is 4.81. The molecule has 1 aromatic carbocycles. The van der Waals surface area contributed by atoms with Crippen LogP contribution in [0.15, 0.2) is 36.9 Å². The van der Waals surface area contributed by atoms with Gasteiger partial charge in [-0.1, -0.05) is 18.2 Å². The molecule has 3 aromatic rings. The molecule has 0 unspecified atom stereocenters. The Morgan fingerprint density at radius 3 is 2.56 bits per heavy atom. The smallest absolute Gasteiger partial charge is 0.352 e. The fraction of sp³-hybridized carbons (Fsp3) is 0.389. The number of rotatable bonds is 3. The van der Waals surface area contributed by atoms with Gasteiger partial charge in [0.05, 0.1) is 11.9 Å². The number of piperazine rings is 1. The normalized spacial score (nSPS) is 16.2. The third kappa shape index (κ3) is 3.59. The van der Waals surface area contributed by atoms with Crippen LogP contribution in [0.25, 0.3) is 11.2 Å². The molecular formula is C18H19F3N6. The minimum Gasteiger partial charge on any atom is -0.352 e. The van der Waals surface area contributed by atoms with Gasteiger partial charge >= 0.3 is 6.18 Å². The molecule has 142 valence electrons. The van der Waals surface area contributed by atoms with Crippen LogP contribution >= 0.6 is 0 Å². The first-order valence-electron chi connectivity index (χ1n) is 8.67. The molecule has 1 fully saturated rings. The second-order valence-corrected chi connectivity index (χ2v) is 6.69. The van der Waals surface area contributed by atoms with E-state index >= 15 is 0 Å². The number of hydrogen-bond donors (Lipinski definition) is 0. The molecule has 0 saturated carbocycles. The van der Waals surface area contributed by atoms with Gasteiger partial charge in [0.1, 0.15) is 6.33 Å². The fourth-order valence-corrected chi connectivity index (χ4v) is 3.39. The summed E-state index contributed by atoms with van der Waals surface area (Å²) in [5.41, 5.74) is 1.63. The molecule has 0 N–H and O–H groups in total. The molecule has 3 heterocycles. The molecule has 1 saturated heterocycles. The standard InChI is InChI=1S/C18H19F3N6/c1-25-12-24-15-16(25)22-11-23-17(15)27-7-5-26(6-8-27)10-13-3-2-4-14(9-13)18(19,20)21/h2-4,9,11-12H,5-8,10H2,1H3. The number of hydrogen-bond acceptors (Lipinski definition) is 5. The molecule has 0 aliphatic carbocycles. The number of alkyl halides is 3. The lowest BCUT2D eigenvalue weighted by Gasteiger charge is -2.35. The first-order valence-corrected chi connectivity index (χ1v) is 8.67. The van der Waals surface area contributed by atoms with E-state index in [2.05, 4.69) is 24.8 Å². The number of nitrogens with zero attached hydrogens (tertiary/aromatic N) is 6. The molecule has 0 amide bonds. The van der Waals surface area contributed by atoms with Crippen LogP contribution in [0.2, 0.25) is 0 Å². The fourth-order valence-electron chi connectivity index (χ4n) is 3.39. The van der Waals surface area contributed by atoms with E-state index in [1.165, 1.54) is 18.5 Å². The molecular weight excluding hydrogens is 357 g/mol. The number of fused-ring (bicyclic) bond motifs is 1. The Hall–Kier alpha value is -2.68. The van der Waals surface area contributed by atoms with Gasteiger partial charge in [0.15, 0.2) is 17.0 Å². The number of aromatic nitrogens is 4. The molecule has 0 atom stereocenters. The predicted molar refractivity (Wildman–Crippen MR) is 95.2 cm³/mol. The van der Waals surface area contributed by atoms with E-state index < -0.39 is 11.7 Å². The maximum Gasteiger partial charge on any atom is 0.416 e. The van der Waals surface area contributed by atoms with Gasteiger partial charge in [0, 0.05) is 39.8 Å². The van der Waals surface area contributed by atoms with E-state index in [4.69, 9.17) is 0 Å². The Morgan fingerprint density at radius 2 is 1.81 bits per heavy atom. The number of halogens is 3. The van der Waals surface area contributed by atoms with E-state index in [-0.39, 0.29) is 0 Å². The van der Waals surface area contributed by atoms with Gasteiger partial charge in [-0.2, -0.15) is 13.2 Å². The topological polar surface area (TPSA) is 50.1 Å². The van der Waals surface area contributed by atoms with E-state index in [1.807, 2.05) is 11.6 Å². The molecule has 4 rings (SSSR count). The molecule has 0 spiro atoms. The summed E-state index contributed by atoms with van der Waals surface area (Å²) in [6, 6.07) is 5.54. The highest BCUT2D eigenvalue weighted by molar-refractivity contribution is 5.83. The first kappa shape index (κ1) is 17.7. The van der Waals surface area contributed by atoms with E-state index in [9.17, 15) is 13.2 Å². The zero-order chi connectivity index (χ0) is 19.0. The summed E-state index contributed by atoms with van der Waals surface area (Å²) in [4.78, 5) is 17.3. The lowest BCUT2D eigenvalue weighted by atomic mass is 10.1. The van der Waals surface area contributed by atoms with Crippen LogP contribution in [0.3, 0.4) is 0 Å². The molecule has 0 bridgehead atoms. The van der Waals surface area contributed by atoms with Crippen LogP contribution in [0.5, 0.6) is 0 Å². The first-order chi connectivity index (χ1) is 12.9. The molecule has 1 aliphatic rings. The summed E-state index contributed by atoms with van der Waals surface area (Å²) in [6.45, 7) is 3.47. The van der Waals surface area contributed by atoms with Crippen molar-refractivity contribution in [2.75, 3.05) is 31.1 Å². The highest BCUT2D eigenvalue weighted by Crippen LogP contribution is 2.30. The average molecular weight is 376 g/mol. The summed E-state index contributed by atoms with van der Waals surface area (Å²) < 4.78 is 40.5. The van der Waals surface area contributed by atoms with Crippen LogP contribution in [0.1, 0.15) is 11.1 Å². The quantitative estimate of drug-likeness (QED) is 0.704. The van der Waals surface area contributed by atoms with Gasteiger partial charge in [-0.25, -0.2) is 15.0 Å². The van der Waals surface area contributed by atoms with Gasteiger partial charge in [-0.05, 0) is 11.6 Å². The van der Waals surface area contributed by atoms with Crippen molar-refractivity contribution in [1.82, 2.24) is 24.4 Å². The summed E-state index contributed by atoms with van der Waals surface area (Å²) >= 11 is 0. The highest BCUT2D eigenvalue weighted by atomic mass is 19.4. The molecule has 0 radical (unpaired) electrons. The summed E-state index contributed by atoms with van der Waals surface area (Å²) in [5, 5.41) is 0. The Labute approximate surface area is 154 Å². The van der Waals surface area contributed by atoms with Crippen LogP contribution < -0.4 is 4.90 Å². The van der Waals surface area contributed by atoms with Crippen LogP contribution in [-0.4, -0.2) is 50.6 Å². The third-order valence-electron chi connectivity index (χ3n) is 4.81. The second kappa shape index (κ2) is 6.80. The summed E-state index contributed by atoms with van der Waals surface area (Å²) in [5.74, 6) is 0.805. The molecule has 9 heteroatoms. The Balaban J connectivity index is 1.43. The van der Waals surface area contributed by atoms with Crippen molar-refractivity contribution in [2.45, 2.75) is 12.7 Å². The van der Waals surface area contributed by atoms with Gasteiger partial charge < -0.3 is 9.47 Å². The largest absolute Gasteiger partial charge is 0.416 e. The van der Waals surface area contributed by atoms with Gasteiger partial charge in [0.25, 0.3) is 0 Å². The zero-order valence-electron chi connectivity index (χ0n) is 14.8. The average Bonchev–Trinajstić information content (AvgIpc) is 3.03. The maximum atomic E-state index is 12.9. The summed E-state index contributed by atoms with van der Waals surface area (Å²) in [7, 11) is 1.89. The lowest BCUT2D eigenvalue weighted by Crippen LogP contribution is -2.46. The van der Waals surface area contributed by atoms with E-state index in [1.54, 1.807) is 12.4 Å². The minimum absolute atomic E-state index is 0.501. The second-order valence-electron chi connectivity index (χ2n) is 6.69. The van der Waals surface area contributed by atoms with Crippen molar-refractivity contribution in [3.8, 4) is 0 Å². The lowest BCUT2D eigenvalue weighted by molar-refractivity contribution is -0.137. The highest BCUT2D eigenvalue weighted by Gasteiger charge is 2.30. The number of imidazole rings is 1. The van der Waals surface area contributed by atoms with E-state index in [0.717, 1.165) is 49.2 Å². The van der Waals surface area contributed by atoms with E-state index in [0.29, 0.717) is 12.1 Å². The molecule has 1 aliphatic heterocycles. The van der Waals surface area contributed by atoms with Crippen LogP contribution in [0.4, 0.5) is 19.0 Å². The van der Waals surface area contributed by atoms with Crippen LogP contribution in [0, 0.1) is 0 Å². The van der Waals surface area contributed by atoms with Crippen molar-refractivity contribution in [1.29, 1.82) is 0 Å². The number of anilines is 1. The van der Waals surface area contributed by atoms with Gasteiger partial charge in [-0.15, -0.1) is 0 Å². The monoisotopic (exact) mass is 376 g/mol. The zero-order valence-corrected chi connectivity index (χ0v) is 14.8. The van der Waals surface area contributed by atoms with Crippen molar-refractivity contribution in [3.05, 3.63) is 48.0 Å². The van der Waals surface area contributed by atoms with Crippen molar-refractivity contribution < 1.29 is 13.2 Å². The number of benzene rings is 1. The van der Waals surface area contributed by atoms with Crippen molar-refractivity contribution in [2.24, 2.45) is 7.05 Å². The van der Waals surface area contributed by atoms with Gasteiger partial charge in [0.2, 0.25) is 0 Å². The Bertz CT molecular complexity index is 944. The van der Waals surface area contributed by atoms with Crippen molar-refractivity contribution >= 4 is 17.0 Å². The molecule has 27 heavy (non-hydrogen) atoms. The minimum atomic E-state index is -4.31. The SMILES string of the molecule is Cn1cnc2c(N3CCN(Cc4cccc(C(F)(F)F)c4)CC3)ncnc21. The van der Waals surface area contributed by atoms with Crippen LogP contribution in [-0.2, 0) is 19.8 Å². The molecule has 6 nitrogen and oxygen atoms in total. The van der Waals surface area contributed by atoms with Crippen molar-refractivity contribution in [3.63, 3.8) is 0 Å². The molecule has 2 aromatic heterocycles. The van der Waals surface area contributed by atoms with Gasteiger partial charge in [-0.3, -0.25) is 4.90 Å². The summed E-state index contributed by atoms with van der Waals surface area (Å²) in [6.07, 6.45) is -1.06. The predicted octanol–water partition coefficient (Wildman–Crippen LogP) is 2.70.